The van der Waals surface area contributed by atoms with Gasteiger partial charge in [-0.15, -0.1) is 0 Å². The average molecular weight is 231 g/mol. The van der Waals surface area contributed by atoms with Crippen LogP contribution in [-0.4, -0.2) is 24.8 Å². The van der Waals surface area contributed by atoms with Crippen molar-refractivity contribution >= 4 is 17.6 Å². The first kappa shape index (κ1) is 11.8. The van der Waals surface area contributed by atoms with Crippen molar-refractivity contribution in [3.8, 4) is 5.75 Å². The second-order valence-electron chi connectivity index (χ2n) is 2.74. The number of rotatable bonds is 4. The van der Waals surface area contributed by atoms with Crippen LogP contribution >= 0.6 is 11.6 Å². The normalized spacial score (nSPS) is 9.80. The molecule has 0 aliphatic heterocycles. The van der Waals surface area contributed by atoms with E-state index in [9.17, 15) is 4.79 Å². The van der Waals surface area contributed by atoms with Gasteiger partial charge in [-0.2, -0.15) is 0 Å². The zero-order valence-electron chi connectivity index (χ0n) is 8.20. The molecule has 0 spiro atoms. The van der Waals surface area contributed by atoms with Crippen molar-refractivity contribution in [2.24, 2.45) is 0 Å². The molecule has 0 atom stereocenters. The van der Waals surface area contributed by atoms with Gasteiger partial charge in [-0.1, -0.05) is 17.7 Å². The third-order valence-electron chi connectivity index (χ3n) is 1.81. The number of aliphatic hydroxyl groups excluding tert-OH is 1. The molecular formula is C10H11ClO4. The van der Waals surface area contributed by atoms with Crippen LogP contribution in [0.4, 0.5) is 0 Å². The number of aliphatic hydroxyl groups is 1. The Bertz CT molecular complexity index is 351. The molecule has 0 fully saturated rings. The van der Waals surface area contributed by atoms with Crippen molar-refractivity contribution in [1.82, 2.24) is 0 Å². The van der Waals surface area contributed by atoms with Gasteiger partial charge in [-0.3, -0.25) is 0 Å². The fourth-order valence-corrected chi connectivity index (χ4v) is 1.25. The Balaban J connectivity index is 2.76. The lowest BCUT2D eigenvalue weighted by atomic mass is 10.2. The number of ether oxygens (including phenoxy) is 2. The summed E-state index contributed by atoms with van der Waals surface area (Å²) in [7, 11) is 1.27. The Morgan fingerprint density at radius 3 is 2.87 bits per heavy atom. The van der Waals surface area contributed by atoms with Crippen LogP contribution in [0.1, 0.15) is 5.56 Å². The molecule has 0 bridgehead atoms. The van der Waals surface area contributed by atoms with Gasteiger partial charge in [0.15, 0.2) is 6.61 Å². The molecule has 0 aliphatic carbocycles. The van der Waals surface area contributed by atoms with E-state index in [1.807, 2.05) is 0 Å². The minimum absolute atomic E-state index is 0.205. The summed E-state index contributed by atoms with van der Waals surface area (Å²) in [6.45, 7) is -0.444. The first-order valence-corrected chi connectivity index (χ1v) is 4.64. The highest BCUT2D eigenvalue weighted by Gasteiger charge is 2.08. The van der Waals surface area contributed by atoms with Crippen LogP contribution in [0.3, 0.4) is 0 Å². The molecule has 4 nitrogen and oxygen atoms in total. The van der Waals surface area contributed by atoms with Crippen LogP contribution in [-0.2, 0) is 16.1 Å². The molecule has 0 aliphatic rings. The first-order valence-electron chi connectivity index (χ1n) is 4.27. The second-order valence-corrected chi connectivity index (χ2v) is 3.15. The maximum Gasteiger partial charge on any atom is 0.343 e. The predicted octanol–water partition coefficient (Wildman–Crippen LogP) is 1.38. The highest BCUT2D eigenvalue weighted by Crippen LogP contribution is 2.26. The van der Waals surface area contributed by atoms with Gasteiger partial charge in [-0.05, 0) is 12.1 Å². The predicted molar refractivity (Wildman–Crippen MR) is 54.9 cm³/mol. The largest absolute Gasteiger partial charge is 0.481 e. The van der Waals surface area contributed by atoms with Crippen LogP contribution < -0.4 is 4.74 Å². The van der Waals surface area contributed by atoms with Gasteiger partial charge < -0.3 is 14.6 Å². The standard InChI is InChI=1S/C10H11ClO4/c1-14-10(13)6-15-9-4-2-3-8(11)7(9)5-12/h2-4,12H,5-6H2,1H3. The van der Waals surface area contributed by atoms with Crippen LogP contribution in [0.5, 0.6) is 5.75 Å². The second kappa shape index (κ2) is 5.58. The number of benzene rings is 1. The molecule has 1 aromatic carbocycles. The average Bonchev–Trinajstić information content (AvgIpc) is 2.25. The minimum Gasteiger partial charge on any atom is -0.481 e. The molecule has 5 heteroatoms. The van der Waals surface area contributed by atoms with E-state index in [-0.39, 0.29) is 13.2 Å². The van der Waals surface area contributed by atoms with Gasteiger partial charge in [0.2, 0.25) is 0 Å². The quantitative estimate of drug-likeness (QED) is 0.794. The molecule has 0 heterocycles. The van der Waals surface area contributed by atoms with Crippen molar-refractivity contribution in [2.75, 3.05) is 13.7 Å². The smallest absolute Gasteiger partial charge is 0.343 e. The van der Waals surface area contributed by atoms with Crippen LogP contribution in [0.15, 0.2) is 18.2 Å². The molecule has 1 N–H and O–H groups in total. The van der Waals surface area contributed by atoms with E-state index in [0.717, 1.165) is 0 Å². The number of esters is 1. The first-order chi connectivity index (χ1) is 7.19. The summed E-state index contributed by atoms with van der Waals surface area (Å²) in [6.07, 6.45) is 0. The molecule has 15 heavy (non-hydrogen) atoms. The van der Waals surface area contributed by atoms with Crippen molar-refractivity contribution in [2.45, 2.75) is 6.61 Å². The molecule has 0 amide bonds. The van der Waals surface area contributed by atoms with Gasteiger partial charge in [0.1, 0.15) is 5.75 Å². The third kappa shape index (κ3) is 3.11. The molecule has 0 unspecified atom stereocenters. The fraction of sp³-hybridized carbons (Fsp3) is 0.300. The van der Waals surface area contributed by atoms with E-state index >= 15 is 0 Å². The third-order valence-corrected chi connectivity index (χ3v) is 2.16. The van der Waals surface area contributed by atoms with Gasteiger partial charge in [0, 0.05) is 10.6 Å². The van der Waals surface area contributed by atoms with Crippen LogP contribution in [0, 0.1) is 0 Å². The highest BCUT2D eigenvalue weighted by molar-refractivity contribution is 6.31. The topological polar surface area (TPSA) is 55.8 Å². The maximum absolute atomic E-state index is 10.8. The summed E-state index contributed by atoms with van der Waals surface area (Å²) in [5.74, 6) is -0.103. The van der Waals surface area contributed by atoms with E-state index in [1.54, 1.807) is 18.2 Å². The molecule has 1 rings (SSSR count). The maximum atomic E-state index is 10.8. The van der Waals surface area contributed by atoms with Crippen LogP contribution in [0.2, 0.25) is 5.02 Å². The molecule has 0 saturated carbocycles. The lowest BCUT2D eigenvalue weighted by Gasteiger charge is -2.09. The highest BCUT2D eigenvalue weighted by atomic mass is 35.5. The van der Waals surface area contributed by atoms with E-state index < -0.39 is 5.97 Å². The lowest BCUT2D eigenvalue weighted by molar-refractivity contribution is -0.142. The number of halogens is 1. The number of carbonyl (C=O) groups is 1. The van der Waals surface area contributed by atoms with Crippen molar-refractivity contribution < 1.29 is 19.4 Å². The lowest BCUT2D eigenvalue weighted by Crippen LogP contribution is -2.13. The number of hydrogen-bond acceptors (Lipinski definition) is 4. The van der Waals surface area contributed by atoms with Crippen molar-refractivity contribution in [3.05, 3.63) is 28.8 Å². The summed E-state index contributed by atoms with van der Waals surface area (Å²) in [5.41, 5.74) is 0.461. The minimum atomic E-state index is -0.487. The van der Waals surface area contributed by atoms with E-state index in [4.69, 9.17) is 21.4 Å². The summed E-state index contributed by atoms with van der Waals surface area (Å²) in [6, 6.07) is 4.94. The molecule has 0 radical (unpaired) electrons. The number of carbonyl (C=O) groups excluding carboxylic acids is 1. The van der Waals surface area contributed by atoms with Gasteiger partial charge in [0.05, 0.1) is 13.7 Å². The molecule has 0 aromatic heterocycles. The molecule has 1 aromatic rings. The van der Waals surface area contributed by atoms with Gasteiger partial charge in [0.25, 0.3) is 0 Å². The Labute approximate surface area is 92.4 Å². The summed E-state index contributed by atoms with van der Waals surface area (Å²) < 4.78 is 9.56. The Hall–Kier alpha value is -1.26. The number of methoxy groups -OCH3 is 1. The Morgan fingerprint density at radius 2 is 2.27 bits per heavy atom. The molecule has 0 saturated heterocycles. The Morgan fingerprint density at radius 1 is 1.53 bits per heavy atom. The van der Waals surface area contributed by atoms with Crippen molar-refractivity contribution in [3.63, 3.8) is 0 Å². The number of hydrogen-bond donors (Lipinski definition) is 1. The van der Waals surface area contributed by atoms with E-state index in [1.165, 1.54) is 7.11 Å². The SMILES string of the molecule is COC(=O)COc1cccc(Cl)c1CO. The van der Waals surface area contributed by atoms with Gasteiger partial charge >= 0.3 is 5.97 Å². The molecular weight excluding hydrogens is 220 g/mol. The monoisotopic (exact) mass is 230 g/mol. The zero-order chi connectivity index (χ0) is 11.3. The summed E-state index contributed by atoms with van der Waals surface area (Å²) >= 11 is 5.82. The van der Waals surface area contributed by atoms with Crippen molar-refractivity contribution in [1.29, 1.82) is 0 Å². The fourth-order valence-electron chi connectivity index (χ4n) is 1.02. The molecule has 82 valence electrons. The van der Waals surface area contributed by atoms with E-state index in [0.29, 0.717) is 16.3 Å². The van der Waals surface area contributed by atoms with E-state index in [2.05, 4.69) is 4.74 Å². The summed E-state index contributed by atoms with van der Waals surface area (Å²) in [5, 5.41) is 9.44. The zero-order valence-corrected chi connectivity index (χ0v) is 8.95. The van der Waals surface area contributed by atoms with Crippen LogP contribution in [0.25, 0.3) is 0 Å². The summed E-state index contributed by atoms with van der Waals surface area (Å²) in [4.78, 5) is 10.8. The van der Waals surface area contributed by atoms with Gasteiger partial charge in [-0.25, -0.2) is 4.79 Å². The Kier molecular flexibility index (Phi) is 4.39.